The Labute approximate surface area is 132 Å². The molecular weight excluding hydrogens is 276 g/mol. The van der Waals surface area contributed by atoms with Crippen LogP contribution < -0.4 is 4.90 Å². The number of nitrogens with zero attached hydrogens (tertiary/aromatic N) is 2. The van der Waals surface area contributed by atoms with E-state index in [0.29, 0.717) is 18.9 Å². The second-order valence-electron chi connectivity index (χ2n) is 6.70. The van der Waals surface area contributed by atoms with E-state index in [9.17, 15) is 9.59 Å². The van der Waals surface area contributed by atoms with Crippen LogP contribution in [0.3, 0.4) is 0 Å². The zero-order chi connectivity index (χ0) is 15.7. The van der Waals surface area contributed by atoms with Crippen molar-refractivity contribution in [3.8, 4) is 0 Å². The third-order valence-electron chi connectivity index (χ3n) is 4.98. The number of benzene rings is 1. The first-order chi connectivity index (χ1) is 10.6. The molecule has 118 valence electrons. The van der Waals surface area contributed by atoms with Crippen LogP contribution >= 0.6 is 0 Å². The molecule has 3 rings (SSSR count). The zero-order valence-corrected chi connectivity index (χ0v) is 13.4. The van der Waals surface area contributed by atoms with Crippen molar-refractivity contribution < 1.29 is 9.59 Å². The van der Waals surface area contributed by atoms with Crippen molar-refractivity contribution in [1.29, 1.82) is 0 Å². The minimum Gasteiger partial charge on any atom is -0.342 e. The Kier molecular flexibility index (Phi) is 4.19. The Bertz CT molecular complexity index is 576. The van der Waals surface area contributed by atoms with E-state index in [-0.39, 0.29) is 17.7 Å². The molecule has 1 atom stereocenters. The highest BCUT2D eigenvalue weighted by Gasteiger charge is 2.38. The van der Waals surface area contributed by atoms with Crippen molar-refractivity contribution >= 4 is 17.5 Å². The van der Waals surface area contributed by atoms with Crippen LogP contribution in [0.25, 0.3) is 0 Å². The maximum Gasteiger partial charge on any atom is 0.228 e. The van der Waals surface area contributed by atoms with E-state index in [1.807, 2.05) is 36.1 Å². The van der Waals surface area contributed by atoms with E-state index < -0.39 is 0 Å². The lowest BCUT2D eigenvalue weighted by atomic mass is 9.97. The molecule has 2 heterocycles. The number of carbonyl (C=O) groups is 2. The normalized spacial score (nSPS) is 23.2. The standard InChI is InChI=1S/C18H24N2O2/c1-13-7-9-19(10-8-13)18(22)15-11-17(21)20(12-15)16-6-4-3-5-14(16)2/h3-6,13,15H,7-12H2,1-2H3. The van der Waals surface area contributed by atoms with Gasteiger partial charge in [0, 0.05) is 31.7 Å². The molecular formula is C18H24N2O2. The van der Waals surface area contributed by atoms with E-state index in [0.717, 1.165) is 37.2 Å². The lowest BCUT2D eigenvalue weighted by molar-refractivity contribution is -0.137. The van der Waals surface area contributed by atoms with Crippen LogP contribution in [0.2, 0.25) is 0 Å². The minimum absolute atomic E-state index is 0.0676. The summed E-state index contributed by atoms with van der Waals surface area (Å²) in [7, 11) is 0. The summed E-state index contributed by atoms with van der Waals surface area (Å²) >= 11 is 0. The van der Waals surface area contributed by atoms with Gasteiger partial charge >= 0.3 is 0 Å². The number of aryl methyl sites for hydroxylation is 1. The lowest BCUT2D eigenvalue weighted by Gasteiger charge is -2.32. The van der Waals surface area contributed by atoms with Crippen molar-refractivity contribution in [2.24, 2.45) is 11.8 Å². The van der Waals surface area contributed by atoms with Gasteiger partial charge in [0.25, 0.3) is 0 Å². The van der Waals surface area contributed by atoms with Crippen LogP contribution in [0.15, 0.2) is 24.3 Å². The van der Waals surface area contributed by atoms with Gasteiger partial charge in [-0.3, -0.25) is 9.59 Å². The highest BCUT2D eigenvalue weighted by molar-refractivity contribution is 6.00. The Morgan fingerprint density at radius 3 is 2.55 bits per heavy atom. The number of amides is 2. The Morgan fingerprint density at radius 2 is 1.86 bits per heavy atom. The van der Waals surface area contributed by atoms with Crippen LogP contribution in [0, 0.1) is 18.8 Å². The van der Waals surface area contributed by atoms with Crippen LogP contribution in [0.4, 0.5) is 5.69 Å². The third kappa shape index (κ3) is 2.87. The number of para-hydroxylation sites is 1. The van der Waals surface area contributed by atoms with Crippen LogP contribution in [-0.4, -0.2) is 36.3 Å². The first-order valence-corrected chi connectivity index (χ1v) is 8.21. The quantitative estimate of drug-likeness (QED) is 0.842. The first-order valence-electron chi connectivity index (χ1n) is 8.21. The lowest BCUT2D eigenvalue weighted by Crippen LogP contribution is -2.42. The van der Waals surface area contributed by atoms with Gasteiger partial charge in [-0.1, -0.05) is 25.1 Å². The van der Waals surface area contributed by atoms with E-state index >= 15 is 0 Å². The van der Waals surface area contributed by atoms with Gasteiger partial charge in [0.15, 0.2) is 0 Å². The summed E-state index contributed by atoms with van der Waals surface area (Å²) < 4.78 is 0. The summed E-state index contributed by atoms with van der Waals surface area (Å²) in [6.45, 7) is 6.45. The van der Waals surface area contributed by atoms with Crippen molar-refractivity contribution in [1.82, 2.24) is 4.90 Å². The largest absolute Gasteiger partial charge is 0.342 e. The third-order valence-corrected chi connectivity index (χ3v) is 4.98. The first kappa shape index (κ1) is 15.1. The molecule has 1 aromatic carbocycles. The average Bonchev–Trinajstić information content (AvgIpc) is 2.90. The monoisotopic (exact) mass is 300 g/mol. The van der Waals surface area contributed by atoms with Gasteiger partial charge in [0.05, 0.1) is 5.92 Å². The maximum atomic E-state index is 12.7. The molecule has 1 unspecified atom stereocenters. The van der Waals surface area contributed by atoms with E-state index in [4.69, 9.17) is 0 Å². The minimum atomic E-state index is -0.180. The molecule has 2 aliphatic rings. The zero-order valence-electron chi connectivity index (χ0n) is 13.4. The molecule has 4 nitrogen and oxygen atoms in total. The maximum absolute atomic E-state index is 12.7. The summed E-state index contributed by atoms with van der Waals surface area (Å²) in [5, 5.41) is 0. The van der Waals surface area contributed by atoms with Crippen molar-refractivity contribution in [3.05, 3.63) is 29.8 Å². The van der Waals surface area contributed by atoms with Crippen LogP contribution in [0.1, 0.15) is 31.7 Å². The highest BCUT2D eigenvalue weighted by Crippen LogP contribution is 2.29. The summed E-state index contributed by atoms with van der Waals surface area (Å²) in [6, 6.07) is 7.88. The van der Waals surface area contributed by atoms with Crippen molar-refractivity contribution in [2.45, 2.75) is 33.1 Å². The van der Waals surface area contributed by atoms with Gasteiger partial charge in [-0.2, -0.15) is 0 Å². The molecule has 0 bridgehead atoms. The number of piperidine rings is 1. The fourth-order valence-electron chi connectivity index (χ4n) is 3.46. The fraction of sp³-hybridized carbons (Fsp3) is 0.556. The summed E-state index contributed by atoms with van der Waals surface area (Å²) in [4.78, 5) is 28.7. The number of likely N-dealkylation sites (tertiary alicyclic amines) is 1. The van der Waals surface area contributed by atoms with Gasteiger partial charge in [-0.25, -0.2) is 0 Å². The topological polar surface area (TPSA) is 40.6 Å². The van der Waals surface area contributed by atoms with Crippen LogP contribution in [0.5, 0.6) is 0 Å². The second kappa shape index (κ2) is 6.11. The predicted molar refractivity (Wildman–Crippen MR) is 86.6 cm³/mol. The van der Waals surface area contributed by atoms with Gasteiger partial charge < -0.3 is 9.80 Å². The van der Waals surface area contributed by atoms with Gasteiger partial charge in [-0.05, 0) is 37.3 Å². The van der Waals surface area contributed by atoms with Gasteiger partial charge in [0.1, 0.15) is 0 Å². The predicted octanol–water partition coefficient (Wildman–Crippen LogP) is 2.61. The van der Waals surface area contributed by atoms with E-state index in [1.54, 1.807) is 4.90 Å². The Morgan fingerprint density at radius 1 is 1.18 bits per heavy atom. The molecule has 2 fully saturated rings. The molecule has 0 radical (unpaired) electrons. The SMILES string of the molecule is Cc1ccccc1N1CC(C(=O)N2CCC(C)CC2)CC1=O. The van der Waals surface area contributed by atoms with Crippen molar-refractivity contribution in [3.63, 3.8) is 0 Å². The summed E-state index contributed by atoms with van der Waals surface area (Å²) in [6.07, 6.45) is 2.50. The average molecular weight is 300 g/mol. The molecule has 0 aliphatic carbocycles. The number of rotatable bonds is 2. The second-order valence-corrected chi connectivity index (χ2v) is 6.70. The smallest absolute Gasteiger partial charge is 0.228 e. The summed E-state index contributed by atoms with van der Waals surface area (Å²) in [5.74, 6) is 0.757. The van der Waals surface area contributed by atoms with Gasteiger partial charge in [0.2, 0.25) is 11.8 Å². The molecule has 0 saturated carbocycles. The molecule has 2 aliphatic heterocycles. The molecule has 0 aromatic heterocycles. The number of hydrogen-bond acceptors (Lipinski definition) is 2. The molecule has 1 aromatic rings. The molecule has 4 heteroatoms. The fourth-order valence-corrected chi connectivity index (χ4v) is 3.46. The molecule has 22 heavy (non-hydrogen) atoms. The van der Waals surface area contributed by atoms with E-state index in [1.165, 1.54) is 0 Å². The van der Waals surface area contributed by atoms with Crippen LogP contribution in [-0.2, 0) is 9.59 Å². The summed E-state index contributed by atoms with van der Waals surface area (Å²) in [5.41, 5.74) is 2.02. The molecule has 2 amide bonds. The number of carbonyl (C=O) groups excluding carboxylic acids is 2. The van der Waals surface area contributed by atoms with Crippen molar-refractivity contribution in [2.75, 3.05) is 24.5 Å². The molecule has 0 N–H and O–H groups in total. The molecule has 0 spiro atoms. The Balaban J connectivity index is 1.69. The molecule has 2 saturated heterocycles. The number of anilines is 1. The van der Waals surface area contributed by atoms with Gasteiger partial charge in [-0.15, -0.1) is 0 Å². The Hall–Kier alpha value is -1.84. The number of hydrogen-bond donors (Lipinski definition) is 0. The van der Waals surface area contributed by atoms with E-state index in [2.05, 4.69) is 6.92 Å². The highest BCUT2D eigenvalue weighted by atomic mass is 16.2.